The highest BCUT2D eigenvalue weighted by atomic mass is 79.9. The summed E-state index contributed by atoms with van der Waals surface area (Å²) in [5.74, 6) is -0.612. The minimum atomic E-state index is -0.637. The summed E-state index contributed by atoms with van der Waals surface area (Å²) < 4.78 is 7.44. The number of pyridine rings is 3. The number of rotatable bonds is 5. The van der Waals surface area contributed by atoms with Crippen LogP contribution in [0.15, 0.2) is 58.1 Å². The van der Waals surface area contributed by atoms with Gasteiger partial charge in [0, 0.05) is 36.5 Å². The molecule has 8 heteroatoms. The highest BCUT2D eigenvalue weighted by Crippen LogP contribution is 2.37. The number of likely N-dealkylation sites (tertiary alicyclic amines) is 1. The molecule has 164 valence electrons. The van der Waals surface area contributed by atoms with Crippen LogP contribution >= 0.6 is 15.9 Å². The molecule has 0 N–H and O–H groups in total. The van der Waals surface area contributed by atoms with Gasteiger partial charge in [0.15, 0.2) is 0 Å². The van der Waals surface area contributed by atoms with Crippen molar-refractivity contribution < 1.29 is 9.53 Å². The standard InChI is InChI=1S/C24H23BrN4O3/c1-2-32-23(31)18-14-17(20-7-3-4-11-29(20)22(18)30)15-28-12-8-24(16-26,9-13-28)21-19(25)6-5-10-27-21/h3-7,10-11,14H,2,8-9,12-13,15H2,1H3. The van der Waals surface area contributed by atoms with Crippen LogP contribution in [-0.4, -0.2) is 40.0 Å². The Labute approximate surface area is 194 Å². The van der Waals surface area contributed by atoms with Crippen molar-refractivity contribution in [1.82, 2.24) is 14.3 Å². The molecule has 0 unspecified atom stereocenters. The first-order chi connectivity index (χ1) is 15.5. The topological polar surface area (TPSA) is 87.7 Å². The van der Waals surface area contributed by atoms with Crippen molar-refractivity contribution in [2.45, 2.75) is 31.7 Å². The minimum absolute atomic E-state index is 0.0337. The van der Waals surface area contributed by atoms with E-state index in [1.165, 1.54) is 4.40 Å². The van der Waals surface area contributed by atoms with Gasteiger partial charge in [0.1, 0.15) is 11.0 Å². The molecule has 0 amide bonds. The molecule has 0 aliphatic carbocycles. The van der Waals surface area contributed by atoms with Gasteiger partial charge in [-0.15, -0.1) is 0 Å². The number of aromatic nitrogens is 2. The third-order valence-corrected chi connectivity index (χ3v) is 6.62. The Balaban J connectivity index is 1.62. The van der Waals surface area contributed by atoms with Gasteiger partial charge in [0.05, 0.1) is 23.9 Å². The van der Waals surface area contributed by atoms with E-state index in [1.807, 2.05) is 24.3 Å². The molecule has 32 heavy (non-hydrogen) atoms. The highest BCUT2D eigenvalue weighted by Gasteiger charge is 2.39. The fourth-order valence-corrected chi connectivity index (χ4v) is 4.91. The van der Waals surface area contributed by atoms with Gasteiger partial charge in [-0.1, -0.05) is 6.07 Å². The lowest BCUT2D eigenvalue weighted by Gasteiger charge is -2.37. The number of esters is 1. The lowest BCUT2D eigenvalue weighted by Crippen LogP contribution is -2.42. The summed E-state index contributed by atoms with van der Waals surface area (Å²) in [4.78, 5) is 31.9. The highest BCUT2D eigenvalue weighted by molar-refractivity contribution is 9.10. The third kappa shape index (κ3) is 4.06. The summed E-state index contributed by atoms with van der Waals surface area (Å²) in [6, 6.07) is 13.4. The smallest absolute Gasteiger partial charge is 0.343 e. The molecule has 3 aromatic rings. The van der Waals surface area contributed by atoms with Gasteiger partial charge in [-0.05, 0) is 71.6 Å². The van der Waals surface area contributed by atoms with Crippen molar-refractivity contribution in [2.24, 2.45) is 0 Å². The molecular weight excluding hydrogens is 472 g/mol. The first-order valence-electron chi connectivity index (χ1n) is 10.5. The second-order valence-corrected chi connectivity index (χ2v) is 8.72. The molecule has 4 heterocycles. The monoisotopic (exact) mass is 494 g/mol. The minimum Gasteiger partial charge on any atom is -0.462 e. The Kier molecular flexibility index (Phi) is 6.40. The third-order valence-electron chi connectivity index (χ3n) is 5.98. The van der Waals surface area contributed by atoms with Crippen LogP contribution in [0.2, 0.25) is 0 Å². The van der Waals surface area contributed by atoms with Gasteiger partial charge in [-0.3, -0.25) is 19.1 Å². The van der Waals surface area contributed by atoms with Crippen LogP contribution in [0.25, 0.3) is 5.52 Å². The van der Waals surface area contributed by atoms with E-state index in [4.69, 9.17) is 4.74 Å². The quantitative estimate of drug-likeness (QED) is 0.502. The fraction of sp³-hybridized carbons (Fsp3) is 0.333. The maximum atomic E-state index is 12.8. The van der Waals surface area contributed by atoms with Crippen LogP contribution in [0.5, 0.6) is 0 Å². The van der Waals surface area contributed by atoms with Gasteiger partial charge >= 0.3 is 5.97 Å². The number of hydrogen-bond donors (Lipinski definition) is 0. The summed E-state index contributed by atoms with van der Waals surface area (Å²) in [6.45, 7) is 3.88. The summed E-state index contributed by atoms with van der Waals surface area (Å²) in [5, 5.41) is 10.00. The van der Waals surface area contributed by atoms with E-state index >= 15 is 0 Å². The van der Waals surface area contributed by atoms with E-state index in [1.54, 1.807) is 31.5 Å². The lowest BCUT2D eigenvalue weighted by atomic mass is 9.76. The molecule has 1 aliphatic rings. The van der Waals surface area contributed by atoms with Crippen molar-refractivity contribution in [1.29, 1.82) is 5.26 Å². The van der Waals surface area contributed by atoms with Crippen LogP contribution < -0.4 is 5.56 Å². The Bertz CT molecular complexity index is 1260. The van der Waals surface area contributed by atoms with Crippen LogP contribution in [-0.2, 0) is 16.7 Å². The fourth-order valence-electron chi connectivity index (χ4n) is 4.28. The number of nitrogens with zero attached hydrogens (tertiary/aromatic N) is 4. The average molecular weight is 495 g/mol. The first-order valence-corrected chi connectivity index (χ1v) is 11.3. The predicted octanol–water partition coefficient (Wildman–Crippen LogP) is 3.69. The van der Waals surface area contributed by atoms with Crippen molar-refractivity contribution in [3.8, 4) is 6.07 Å². The number of hydrogen-bond acceptors (Lipinski definition) is 6. The normalized spacial score (nSPS) is 15.9. The van der Waals surface area contributed by atoms with E-state index < -0.39 is 11.4 Å². The molecule has 4 rings (SSSR count). The predicted molar refractivity (Wildman–Crippen MR) is 123 cm³/mol. The summed E-state index contributed by atoms with van der Waals surface area (Å²) in [5.41, 5.74) is 1.43. The molecule has 0 spiro atoms. The average Bonchev–Trinajstić information content (AvgIpc) is 2.82. The maximum Gasteiger partial charge on any atom is 0.343 e. The first kappa shape index (κ1) is 22.2. The molecule has 0 aromatic carbocycles. The maximum absolute atomic E-state index is 12.8. The molecule has 1 saturated heterocycles. The van der Waals surface area contributed by atoms with Crippen LogP contribution in [0.1, 0.15) is 41.4 Å². The van der Waals surface area contributed by atoms with Crippen molar-refractivity contribution in [3.63, 3.8) is 0 Å². The van der Waals surface area contributed by atoms with Crippen LogP contribution in [0.3, 0.4) is 0 Å². The molecular formula is C24H23BrN4O3. The number of carbonyl (C=O) groups is 1. The molecule has 0 bridgehead atoms. The van der Waals surface area contributed by atoms with Gasteiger partial charge in [0.2, 0.25) is 0 Å². The SMILES string of the molecule is CCOC(=O)c1cc(CN2CCC(C#N)(c3ncccc3Br)CC2)c2ccccn2c1=O. The van der Waals surface area contributed by atoms with Gasteiger partial charge in [-0.2, -0.15) is 5.26 Å². The summed E-state index contributed by atoms with van der Waals surface area (Å²) >= 11 is 3.54. The molecule has 7 nitrogen and oxygen atoms in total. The van der Waals surface area contributed by atoms with Crippen molar-refractivity contribution in [3.05, 3.63) is 80.4 Å². The zero-order chi connectivity index (χ0) is 22.7. The summed E-state index contributed by atoms with van der Waals surface area (Å²) in [6.07, 6.45) is 4.68. The molecule has 3 aromatic heterocycles. The van der Waals surface area contributed by atoms with E-state index in [9.17, 15) is 14.9 Å². The van der Waals surface area contributed by atoms with E-state index in [2.05, 4.69) is 31.9 Å². The van der Waals surface area contributed by atoms with Crippen molar-refractivity contribution >= 4 is 27.4 Å². The Morgan fingerprint density at radius 1 is 1.28 bits per heavy atom. The van der Waals surface area contributed by atoms with Crippen molar-refractivity contribution in [2.75, 3.05) is 19.7 Å². The largest absolute Gasteiger partial charge is 0.462 e. The molecule has 1 fully saturated rings. The molecule has 0 radical (unpaired) electrons. The second-order valence-electron chi connectivity index (χ2n) is 7.87. The Morgan fingerprint density at radius 3 is 2.75 bits per heavy atom. The Hall–Kier alpha value is -3.02. The zero-order valence-corrected chi connectivity index (χ0v) is 19.3. The lowest BCUT2D eigenvalue weighted by molar-refractivity contribution is 0.0524. The number of carbonyl (C=O) groups excluding carboxylic acids is 1. The van der Waals surface area contributed by atoms with E-state index in [0.29, 0.717) is 32.5 Å². The number of halogens is 1. The molecule has 0 atom stereocenters. The van der Waals surface area contributed by atoms with Gasteiger partial charge in [0.25, 0.3) is 5.56 Å². The number of piperidine rings is 1. The van der Waals surface area contributed by atoms with Crippen LogP contribution in [0.4, 0.5) is 0 Å². The summed E-state index contributed by atoms with van der Waals surface area (Å²) in [7, 11) is 0. The van der Waals surface area contributed by atoms with E-state index in [-0.39, 0.29) is 17.7 Å². The second kappa shape index (κ2) is 9.23. The van der Waals surface area contributed by atoms with Crippen LogP contribution in [0, 0.1) is 11.3 Å². The molecule has 1 aliphatic heterocycles. The van der Waals surface area contributed by atoms with E-state index in [0.717, 1.165) is 21.2 Å². The van der Waals surface area contributed by atoms with Gasteiger partial charge in [-0.25, -0.2) is 4.79 Å². The number of fused-ring (bicyclic) bond motifs is 1. The number of ether oxygens (including phenoxy) is 1. The molecule has 0 saturated carbocycles. The number of nitriles is 1. The zero-order valence-electron chi connectivity index (χ0n) is 17.8. The Morgan fingerprint density at radius 2 is 2.06 bits per heavy atom. The van der Waals surface area contributed by atoms with Gasteiger partial charge < -0.3 is 4.74 Å².